The van der Waals surface area contributed by atoms with E-state index in [9.17, 15) is 0 Å². The lowest BCUT2D eigenvalue weighted by molar-refractivity contribution is 0.247. The van der Waals surface area contributed by atoms with Crippen LogP contribution in [0, 0.1) is 0 Å². The number of nitrogens with zero attached hydrogens (tertiary/aromatic N) is 3. The van der Waals surface area contributed by atoms with Gasteiger partial charge in [-0.15, -0.1) is 35.3 Å². The topological polar surface area (TPSA) is 52.6 Å². The smallest absolute Gasteiger partial charge is 0.191 e. The number of thiazole rings is 1. The van der Waals surface area contributed by atoms with E-state index >= 15 is 0 Å². The average Bonchev–Trinajstić information content (AvgIpc) is 3.26. The highest BCUT2D eigenvalue weighted by atomic mass is 127. The van der Waals surface area contributed by atoms with Crippen molar-refractivity contribution in [1.82, 2.24) is 20.5 Å². The summed E-state index contributed by atoms with van der Waals surface area (Å²) in [5, 5.41) is 10.00. The fraction of sp³-hybridized carbons (Fsp3) is 0.765. The van der Waals surface area contributed by atoms with E-state index in [-0.39, 0.29) is 24.0 Å². The molecule has 0 saturated heterocycles. The standard InChI is InChI=1S/C17H31N5S.HI/c1-6-18-17(19-9-13(4)22(5)14-7-8-14)20-10-16-21-15(11-23-16)12(2)3;/h11-14H,6-10H2,1-5H3,(H2,18,19,20);1H. The third-order valence-electron chi connectivity index (χ3n) is 4.26. The van der Waals surface area contributed by atoms with Gasteiger partial charge >= 0.3 is 0 Å². The Kier molecular flexibility index (Phi) is 9.51. The van der Waals surface area contributed by atoms with Gasteiger partial charge in [0.15, 0.2) is 5.96 Å². The summed E-state index contributed by atoms with van der Waals surface area (Å²) in [7, 11) is 2.22. The summed E-state index contributed by atoms with van der Waals surface area (Å²) >= 11 is 1.70. The molecule has 2 N–H and O–H groups in total. The molecule has 1 fully saturated rings. The predicted octanol–water partition coefficient (Wildman–Crippen LogP) is 3.42. The first-order valence-electron chi connectivity index (χ1n) is 8.69. The second-order valence-corrected chi connectivity index (χ2v) is 7.59. The van der Waals surface area contributed by atoms with E-state index in [1.165, 1.54) is 12.8 Å². The summed E-state index contributed by atoms with van der Waals surface area (Å²) in [6, 6.07) is 1.30. The predicted molar refractivity (Wildman–Crippen MR) is 115 cm³/mol. The van der Waals surface area contributed by atoms with Gasteiger partial charge in [0.2, 0.25) is 0 Å². The van der Waals surface area contributed by atoms with E-state index in [1.54, 1.807) is 11.3 Å². The number of likely N-dealkylation sites (N-methyl/N-ethyl adjacent to an activating group) is 1. The van der Waals surface area contributed by atoms with E-state index in [0.29, 0.717) is 18.5 Å². The Morgan fingerprint density at radius 3 is 2.62 bits per heavy atom. The first-order chi connectivity index (χ1) is 11.0. The summed E-state index contributed by atoms with van der Waals surface area (Å²) < 4.78 is 0. The molecule has 0 aliphatic heterocycles. The molecule has 1 aromatic rings. The third kappa shape index (κ3) is 6.84. The summed E-state index contributed by atoms with van der Waals surface area (Å²) in [4.78, 5) is 11.8. The van der Waals surface area contributed by atoms with Crippen molar-refractivity contribution in [2.75, 3.05) is 20.1 Å². The normalized spacial score (nSPS) is 16.2. The fourth-order valence-corrected chi connectivity index (χ4v) is 3.26. The van der Waals surface area contributed by atoms with Crippen LogP contribution in [-0.4, -0.2) is 48.1 Å². The second-order valence-electron chi connectivity index (χ2n) is 6.64. The molecule has 1 aliphatic rings. The van der Waals surface area contributed by atoms with Crippen molar-refractivity contribution in [3.05, 3.63) is 16.1 Å². The fourth-order valence-electron chi connectivity index (χ4n) is 2.38. The molecule has 1 aliphatic carbocycles. The molecule has 0 spiro atoms. The molecule has 2 rings (SSSR count). The van der Waals surface area contributed by atoms with Gasteiger partial charge in [0.1, 0.15) is 5.01 Å². The molecule has 1 unspecified atom stereocenters. The molecule has 0 radical (unpaired) electrons. The average molecular weight is 465 g/mol. The molecule has 1 saturated carbocycles. The van der Waals surface area contributed by atoms with Gasteiger partial charge in [-0.3, -0.25) is 4.90 Å². The van der Waals surface area contributed by atoms with Crippen molar-refractivity contribution in [3.63, 3.8) is 0 Å². The first kappa shape index (κ1) is 21.6. The maximum Gasteiger partial charge on any atom is 0.191 e. The second kappa shape index (κ2) is 10.6. The zero-order valence-electron chi connectivity index (χ0n) is 15.5. The molecule has 138 valence electrons. The van der Waals surface area contributed by atoms with E-state index in [1.807, 2.05) is 0 Å². The van der Waals surface area contributed by atoms with E-state index in [0.717, 1.165) is 35.8 Å². The van der Waals surface area contributed by atoms with E-state index < -0.39 is 0 Å². The third-order valence-corrected chi connectivity index (χ3v) is 5.11. The lowest BCUT2D eigenvalue weighted by atomic mass is 10.2. The van der Waals surface area contributed by atoms with Gasteiger partial charge in [0.05, 0.1) is 12.2 Å². The number of hydrogen-bond donors (Lipinski definition) is 2. The van der Waals surface area contributed by atoms with Crippen LogP contribution in [0.15, 0.2) is 10.4 Å². The Bertz CT molecular complexity index is 513. The van der Waals surface area contributed by atoms with Crippen LogP contribution < -0.4 is 10.6 Å². The summed E-state index contributed by atoms with van der Waals surface area (Å²) in [6.07, 6.45) is 2.69. The van der Waals surface area contributed by atoms with Crippen LogP contribution in [0.25, 0.3) is 0 Å². The maximum atomic E-state index is 4.67. The molecule has 0 amide bonds. The van der Waals surface area contributed by atoms with Crippen LogP contribution in [0.1, 0.15) is 57.2 Å². The van der Waals surface area contributed by atoms with Crippen LogP contribution in [0.4, 0.5) is 0 Å². The van der Waals surface area contributed by atoms with Gasteiger partial charge in [0, 0.05) is 30.6 Å². The molecular formula is C17H32IN5S. The quantitative estimate of drug-likeness (QED) is 0.351. The van der Waals surface area contributed by atoms with Crippen LogP contribution >= 0.6 is 35.3 Å². The molecule has 5 nitrogen and oxygen atoms in total. The Morgan fingerprint density at radius 2 is 2.08 bits per heavy atom. The highest BCUT2D eigenvalue weighted by Gasteiger charge is 2.28. The van der Waals surface area contributed by atoms with Crippen molar-refractivity contribution in [1.29, 1.82) is 0 Å². The van der Waals surface area contributed by atoms with Gasteiger partial charge < -0.3 is 10.6 Å². The lowest BCUT2D eigenvalue weighted by Crippen LogP contribution is -2.45. The van der Waals surface area contributed by atoms with Gasteiger partial charge in [-0.05, 0) is 39.7 Å². The van der Waals surface area contributed by atoms with Crippen molar-refractivity contribution in [3.8, 4) is 0 Å². The van der Waals surface area contributed by atoms with E-state index in [2.05, 4.69) is 65.6 Å². The number of aromatic nitrogens is 1. The minimum atomic E-state index is 0. The molecule has 1 heterocycles. The Hall–Kier alpha value is -0.410. The number of aliphatic imine (C=N–C) groups is 1. The molecule has 1 aromatic heterocycles. The number of nitrogens with one attached hydrogen (secondary N) is 2. The summed E-state index contributed by atoms with van der Waals surface area (Å²) in [6.45, 7) is 11.1. The zero-order chi connectivity index (χ0) is 16.8. The van der Waals surface area contributed by atoms with Crippen LogP contribution in [-0.2, 0) is 6.54 Å². The Morgan fingerprint density at radius 1 is 1.38 bits per heavy atom. The van der Waals surface area contributed by atoms with Crippen LogP contribution in [0.3, 0.4) is 0 Å². The highest BCUT2D eigenvalue weighted by Crippen LogP contribution is 2.26. The minimum absolute atomic E-state index is 0. The van der Waals surface area contributed by atoms with Crippen molar-refractivity contribution in [2.45, 2.75) is 65.1 Å². The number of guanidine groups is 1. The van der Waals surface area contributed by atoms with Gasteiger partial charge in [-0.25, -0.2) is 9.98 Å². The SMILES string of the molecule is CCNC(=NCc1nc(C(C)C)cs1)NCC(C)N(C)C1CC1.I. The maximum absolute atomic E-state index is 4.67. The Balaban J connectivity index is 0.00000288. The van der Waals surface area contributed by atoms with Gasteiger partial charge in [-0.2, -0.15) is 0 Å². The Labute approximate surface area is 167 Å². The molecule has 0 aromatic carbocycles. The van der Waals surface area contributed by atoms with Gasteiger partial charge in [0.25, 0.3) is 0 Å². The number of rotatable bonds is 8. The number of hydrogen-bond acceptors (Lipinski definition) is 4. The highest BCUT2D eigenvalue weighted by molar-refractivity contribution is 14.0. The largest absolute Gasteiger partial charge is 0.357 e. The van der Waals surface area contributed by atoms with Crippen molar-refractivity contribution in [2.24, 2.45) is 4.99 Å². The molecular weight excluding hydrogens is 433 g/mol. The van der Waals surface area contributed by atoms with E-state index in [4.69, 9.17) is 0 Å². The lowest BCUT2D eigenvalue weighted by Gasteiger charge is -2.25. The van der Waals surface area contributed by atoms with Crippen LogP contribution in [0.2, 0.25) is 0 Å². The first-order valence-corrected chi connectivity index (χ1v) is 9.57. The van der Waals surface area contributed by atoms with Crippen LogP contribution in [0.5, 0.6) is 0 Å². The van der Waals surface area contributed by atoms with Gasteiger partial charge in [-0.1, -0.05) is 13.8 Å². The zero-order valence-corrected chi connectivity index (χ0v) is 18.6. The minimum Gasteiger partial charge on any atom is -0.357 e. The van der Waals surface area contributed by atoms with Crippen molar-refractivity contribution >= 4 is 41.3 Å². The van der Waals surface area contributed by atoms with Crippen molar-refractivity contribution < 1.29 is 0 Å². The molecule has 0 bridgehead atoms. The number of halogens is 1. The summed E-state index contributed by atoms with van der Waals surface area (Å²) in [5.41, 5.74) is 1.16. The summed E-state index contributed by atoms with van der Waals surface area (Å²) in [5.74, 6) is 1.36. The molecule has 24 heavy (non-hydrogen) atoms. The molecule has 1 atom stereocenters. The molecule has 7 heteroatoms. The monoisotopic (exact) mass is 465 g/mol.